The number of hydrogen-bond acceptors (Lipinski definition) is 7. The number of aryl methyl sites for hydroxylation is 1. The SMILES string of the molecule is CCOC(CCC(=O)CC(=O)Cc1nc(-c2cccc(OC)c2)oc1C)OCC. The number of methoxy groups -OCH3 is 1. The Morgan fingerprint density at radius 2 is 1.86 bits per heavy atom. The summed E-state index contributed by atoms with van der Waals surface area (Å²) in [7, 11) is 1.59. The van der Waals surface area contributed by atoms with Gasteiger partial charge < -0.3 is 18.6 Å². The highest BCUT2D eigenvalue weighted by Crippen LogP contribution is 2.25. The van der Waals surface area contributed by atoms with E-state index < -0.39 is 6.29 Å². The van der Waals surface area contributed by atoms with E-state index in [0.29, 0.717) is 42.7 Å². The van der Waals surface area contributed by atoms with Gasteiger partial charge in [0, 0.05) is 31.6 Å². The average molecular weight is 403 g/mol. The van der Waals surface area contributed by atoms with Crippen LogP contribution in [0.15, 0.2) is 28.7 Å². The first-order valence-corrected chi connectivity index (χ1v) is 9.84. The van der Waals surface area contributed by atoms with Crippen LogP contribution in [0.2, 0.25) is 0 Å². The highest BCUT2D eigenvalue weighted by Gasteiger charge is 2.18. The molecule has 0 radical (unpaired) electrons. The molecule has 7 heteroatoms. The monoisotopic (exact) mass is 403 g/mol. The molecule has 0 bridgehead atoms. The Bertz CT molecular complexity index is 807. The zero-order valence-corrected chi connectivity index (χ0v) is 17.5. The third kappa shape index (κ3) is 7.11. The number of Topliss-reactive ketones (excluding diaryl/α,β-unsaturated/α-hetero) is 2. The maximum atomic E-state index is 12.3. The Morgan fingerprint density at radius 1 is 1.14 bits per heavy atom. The van der Waals surface area contributed by atoms with Crippen molar-refractivity contribution in [2.24, 2.45) is 0 Å². The first kappa shape index (κ1) is 22.8. The summed E-state index contributed by atoms with van der Waals surface area (Å²) in [6.07, 6.45) is 0.198. The van der Waals surface area contributed by atoms with Crippen molar-refractivity contribution >= 4 is 11.6 Å². The van der Waals surface area contributed by atoms with E-state index >= 15 is 0 Å². The van der Waals surface area contributed by atoms with E-state index in [1.807, 2.05) is 38.1 Å². The molecule has 1 aromatic heterocycles. The van der Waals surface area contributed by atoms with Gasteiger partial charge in [-0.2, -0.15) is 0 Å². The molecule has 0 saturated carbocycles. The summed E-state index contributed by atoms with van der Waals surface area (Å²) >= 11 is 0. The molecule has 0 aliphatic carbocycles. The number of carbonyl (C=O) groups is 2. The van der Waals surface area contributed by atoms with Gasteiger partial charge in [-0.3, -0.25) is 9.59 Å². The van der Waals surface area contributed by atoms with Crippen molar-refractivity contribution in [3.63, 3.8) is 0 Å². The van der Waals surface area contributed by atoms with Gasteiger partial charge in [-0.1, -0.05) is 6.07 Å². The summed E-state index contributed by atoms with van der Waals surface area (Å²) in [6, 6.07) is 7.34. The van der Waals surface area contributed by atoms with Gasteiger partial charge in [0.1, 0.15) is 23.1 Å². The third-order valence-electron chi connectivity index (χ3n) is 4.33. The van der Waals surface area contributed by atoms with Crippen LogP contribution < -0.4 is 4.74 Å². The summed E-state index contributed by atoms with van der Waals surface area (Å²) < 4.78 is 21.8. The molecule has 0 unspecified atom stereocenters. The predicted octanol–water partition coefficient (Wildman–Crippen LogP) is 3.91. The molecule has 1 heterocycles. The van der Waals surface area contributed by atoms with Crippen LogP contribution in [0, 0.1) is 6.92 Å². The highest BCUT2D eigenvalue weighted by molar-refractivity contribution is 5.99. The Hall–Kier alpha value is -2.51. The standard InChI is InChI=1S/C22H29NO6/c1-5-27-21(28-6-2)11-10-17(24)13-18(25)14-20-15(3)29-22(23-20)16-8-7-9-19(12-16)26-4/h7-9,12,21H,5-6,10-11,13-14H2,1-4H3. The molecule has 0 fully saturated rings. The zero-order chi connectivity index (χ0) is 21.2. The first-order valence-electron chi connectivity index (χ1n) is 9.84. The lowest BCUT2D eigenvalue weighted by Gasteiger charge is -2.16. The Morgan fingerprint density at radius 3 is 2.52 bits per heavy atom. The molecule has 0 aliphatic rings. The molecular weight excluding hydrogens is 374 g/mol. The van der Waals surface area contributed by atoms with Crippen molar-refractivity contribution in [2.45, 2.75) is 52.7 Å². The topological polar surface area (TPSA) is 87.9 Å². The van der Waals surface area contributed by atoms with E-state index in [1.54, 1.807) is 14.0 Å². The number of carbonyl (C=O) groups excluding carboxylic acids is 2. The Balaban J connectivity index is 1.91. The summed E-state index contributed by atoms with van der Waals surface area (Å²) in [4.78, 5) is 28.9. The second-order valence-electron chi connectivity index (χ2n) is 6.56. The number of ether oxygens (including phenoxy) is 3. The van der Waals surface area contributed by atoms with Gasteiger partial charge >= 0.3 is 0 Å². The highest BCUT2D eigenvalue weighted by atomic mass is 16.7. The van der Waals surface area contributed by atoms with Crippen molar-refractivity contribution < 1.29 is 28.2 Å². The predicted molar refractivity (Wildman–Crippen MR) is 108 cm³/mol. The summed E-state index contributed by atoms with van der Waals surface area (Å²) in [5.74, 6) is 1.36. The van der Waals surface area contributed by atoms with E-state index in [1.165, 1.54) is 0 Å². The summed E-state index contributed by atoms with van der Waals surface area (Å²) in [5, 5.41) is 0. The van der Waals surface area contributed by atoms with Gasteiger partial charge in [-0.05, 0) is 39.0 Å². The Kier molecular flexibility index (Phi) is 9.02. The van der Waals surface area contributed by atoms with E-state index in [0.717, 1.165) is 5.56 Å². The van der Waals surface area contributed by atoms with Crippen LogP contribution in [0.1, 0.15) is 44.6 Å². The van der Waals surface area contributed by atoms with Crippen molar-refractivity contribution in [1.29, 1.82) is 0 Å². The van der Waals surface area contributed by atoms with Crippen LogP contribution >= 0.6 is 0 Å². The molecule has 0 atom stereocenters. The van der Waals surface area contributed by atoms with Crippen molar-refractivity contribution in [2.75, 3.05) is 20.3 Å². The van der Waals surface area contributed by atoms with Gasteiger partial charge in [0.2, 0.25) is 5.89 Å². The second-order valence-corrected chi connectivity index (χ2v) is 6.56. The lowest BCUT2D eigenvalue weighted by molar-refractivity contribution is -0.145. The van der Waals surface area contributed by atoms with Gasteiger partial charge in [-0.25, -0.2) is 4.98 Å². The average Bonchev–Trinajstić information content (AvgIpc) is 3.06. The Labute approximate surface area is 171 Å². The normalized spacial score (nSPS) is 11.1. The fourth-order valence-corrected chi connectivity index (χ4v) is 2.89. The fourth-order valence-electron chi connectivity index (χ4n) is 2.89. The summed E-state index contributed by atoms with van der Waals surface area (Å²) in [5.41, 5.74) is 1.31. The van der Waals surface area contributed by atoms with E-state index in [9.17, 15) is 9.59 Å². The molecule has 2 aromatic rings. The quantitative estimate of drug-likeness (QED) is 0.370. The molecule has 0 aliphatic heterocycles. The zero-order valence-electron chi connectivity index (χ0n) is 17.5. The molecule has 29 heavy (non-hydrogen) atoms. The minimum atomic E-state index is -0.410. The number of aromatic nitrogens is 1. The second kappa shape index (κ2) is 11.5. The van der Waals surface area contributed by atoms with Gasteiger partial charge in [0.05, 0.1) is 25.6 Å². The lowest BCUT2D eigenvalue weighted by Crippen LogP contribution is -2.19. The number of nitrogens with zero attached hydrogens (tertiary/aromatic N) is 1. The number of oxazole rings is 1. The van der Waals surface area contributed by atoms with Crippen LogP contribution in [-0.4, -0.2) is 43.2 Å². The smallest absolute Gasteiger partial charge is 0.226 e. The van der Waals surface area contributed by atoms with E-state index in [4.69, 9.17) is 18.6 Å². The van der Waals surface area contributed by atoms with E-state index in [-0.39, 0.29) is 30.8 Å². The number of benzene rings is 1. The van der Waals surface area contributed by atoms with Gasteiger partial charge in [-0.15, -0.1) is 0 Å². The third-order valence-corrected chi connectivity index (χ3v) is 4.33. The molecule has 0 N–H and O–H groups in total. The molecular formula is C22H29NO6. The maximum Gasteiger partial charge on any atom is 0.226 e. The van der Waals surface area contributed by atoms with Gasteiger partial charge in [0.15, 0.2) is 6.29 Å². The number of hydrogen-bond donors (Lipinski definition) is 0. The minimum Gasteiger partial charge on any atom is -0.497 e. The van der Waals surface area contributed by atoms with Gasteiger partial charge in [0.25, 0.3) is 0 Å². The molecule has 0 saturated heterocycles. The minimum absolute atomic E-state index is 0.0609. The van der Waals surface area contributed by atoms with Crippen LogP contribution in [0.25, 0.3) is 11.5 Å². The summed E-state index contributed by atoms with van der Waals surface area (Å²) in [6.45, 7) is 6.53. The maximum absolute atomic E-state index is 12.3. The van der Waals surface area contributed by atoms with Crippen molar-refractivity contribution in [3.8, 4) is 17.2 Å². The van der Waals surface area contributed by atoms with Crippen LogP contribution in [-0.2, 0) is 25.5 Å². The number of ketones is 2. The van der Waals surface area contributed by atoms with Crippen molar-refractivity contribution in [1.82, 2.24) is 4.98 Å². The largest absolute Gasteiger partial charge is 0.497 e. The molecule has 0 spiro atoms. The molecule has 2 rings (SSSR count). The fraction of sp³-hybridized carbons (Fsp3) is 0.500. The molecule has 7 nitrogen and oxygen atoms in total. The van der Waals surface area contributed by atoms with E-state index in [2.05, 4.69) is 4.98 Å². The molecule has 0 amide bonds. The molecule has 1 aromatic carbocycles. The number of rotatable bonds is 13. The van der Waals surface area contributed by atoms with Crippen LogP contribution in [0.4, 0.5) is 0 Å². The molecule has 158 valence electrons. The van der Waals surface area contributed by atoms with Crippen LogP contribution in [0.5, 0.6) is 5.75 Å². The first-order chi connectivity index (χ1) is 14.0. The van der Waals surface area contributed by atoms with Crippen molar-refractivity contribution in [3.05, 3.63) is 35.7 Å². The van der Waals surface area contributed by atoms with Crippen LogP contribution in [0.3, 0.4) is 0 Å². The lowest BCUT2D eigenvalue weighted by atomic mass is 10.1.